The largest absolute Gasteiger partial charge is 0.493 e. The highest BCUT2D eigenvalue weighted by Crippen LogP contribution is 2.34. The molecule has 8 nitrogen and oxygen atoms in total. The number of rotatable bonds is 9. The fraction of sp³-hybridized carbons (Fsp3) is 0.611. The lowest BCUT2D eigenvalue weighted by atomic mass is 10.1. The maximum atomic E-state index is 12.5. The minimum atomic E-state index is -0.582. The van der Waals surface area contributed by atoms with E-state index in [-0.39, 0.29) is 17.0 Å². The van der Waals surface area contributed by atoms with Gasteiger partial charge in [0.15, 0.2) is 11.5 Å². The fourth-order valence-electron chi connectivity index (χ4n) is 3.09. The average Bonchev–Trinajstić information content (AvgIpc) is 2.65. The van der Waals surface area contributed by atoms with E-state index >= 15 is 0 Å². The molecule has 26 heavy (non-hydrogen) atoms. The summed E-state index contributed by atoms with van der Waals surface area (Å²) in [5.41, 5.74) is -0.309. The highest BCUT2D eigenvalue weighted by atomic mass is 16.6. The van der Waals surface area contributed by atoms with Crippen molar-refractivity contribution < 1.29 is 19.2 Å². The van der Waals surface area contributed by atoms with E-state index in [1.807, 2.05) is 0 Å². The first-order chi connectivity index (χ1) is 12.6. The van der Waals surface area contributed by atoms with Crippen molar-refractivity contribution in [1.29, 1.82) is 0 Å². The molecule has 1 heterocycles. The number of piperidine rings is 1. The van der Waals surface area contributed by atoms with Gasteiger partial charge in [-0.3, -0.25) is 14.9 Å². The molecule has 1 N–H and O–H groups in total. The Labute approximate surface area is 153 Å². The van der Waals surface area contributed by atoms with Crippen molar-refractivity contribution in [3.05, 3.63) is 27.8 Å². The average molecular weight is 365 g/mol. The number of carbonyl (C=O) groups excluding carboxylic acids is 1. The van der Waals surface area contributed by atoms with Gasteiger partial charge in [-0.1, -0.05) is 6.42 Å². The third-order valence-corrected chi connectivity index (χ3v) is 4.41. The Bertz CT molecular complexity index is 629. The van der Waals surface area contributed by atoms with Crippen LogP contribution in [0.2, 0.25) is 0 Å². The molecule has 1 aliphatic rings. The molecule has 0 bridgehead atoms. The molecular formula is C18H27N3O5. The summed E-state index contributed by atoms with van der Waals surface area (Å²) < 4.78 is 10.5. The quantitative estimate of drug-likeness (QED) is 0.411. The number of ether oxygens (including phenoxy) is 2. The zero-order valence-corrected chi connectivity index (χ0v) is 15.5. The van der Waals surface area contributed by atoms with Gasteiger partial charge in [0.1, 0.15) is 5.56 Å². The number of likely N-dealkylation sites (tertiary alicyclic amines) is 1. The van der Waals surface area contributed by atoms with Crippen LogP contribution in [0, 0.1) is 10.1 Å². The standard InChI is InChI=1S/C18H27N3O5/c1-3-26-17-12-14(15(21(23)24)13-16(17)25-2)18(22)19-8-7-11-20-9-5-4-6-10-20/h12-13H,3-11H2,1-2H3,(H,19,22). The Balaban J connectivity index is 2.01. The van der Waals surface area contributed by atoms with Crippen molar-refractivity contribution in [2.75, 3.05) is 39.9 Å². The van der Waals surface area contributed by atoms with Gasteiger partial charge in [-0.15, -0.1) is 0 Å². The van der Waals surface area contributed by atoms with Crippen LogP contribution in [-0.2, 0) is 0 Å². The zero-order chi connectivity index (χ0) is 18.9. The second-order valence-electron chi connectivity index (χ2n) is 6.22. The molecule has 2 rings (SSSR count). The Morgan fingerprint density at radius 2 is 2.00 bits per heavy atom. The first-order valence-corrected chi connectivity index (χ1v) is 9.06. The van der Waals surface area contributed by atoms with Crippen molar-refractivity contribution in [2.45, 2.75) is 32.6 Å². The molecule has 0 radical (unpaired) electrons. The van der Waals surface area contributed by atoms with Gasteiger partial charge in [-0.2, -0.15) is 0 Å². The van der Waals surface area contributed by atoms with E-state index in [1.165, 1.54) is 38.5 Å². The SMILES string of the molecule is CCOc1cc(C(=O)NCCCN2CCCCC2)c([N+](=O)[O-])cc1OC. The predicted molar refractivity (Wildman–Crippen MR) is 98.1 cm³/mol. The minimum absolute atomic E-state index is 0.0165. The lowest BCUT2D eigenvalue weighted by Crippen LogP contribution is -2.33. The predicted octanol–water partition coefficient (Wildman–Crippen LogP) is 2.61. The number of benzene rings is 1. The number of amides is 1. The van der Waals surface area contributed by atoms with Crippen LogP contribution >= 0.6 is 0 Å². The smallest absolute Gasteiger partial charge is 0.286 e. The van der Waals surface area contributed by atoms with E-state index in [1.54, 1.807) is 6.92 Å². The normalized spacial score (nSPS) is 14.7. The molecule has 0 spiro atoms. The number of nitro groups is 1. The lowest BCUT2D eigenvalue weighted by Gasteiger charge is -2.26. The molecule has 0 aliphatic carbocycles. The summed E-state index contributed by atoms with van der Waals surface area (Å²) in [6.45, 7) is 5.77. The van der Waals surface area contributed by atoms with Crippen LogP contribution in [0.3, 0.4) is 0 Å². The monoisotopic (exact) mass is 365 g/mol. The lowest BCUT2D eigenvalue weighted by molar-refractivity contribution is -0.385. The highest BCUT2D eigenvalue weighted by Gasteiger charge is 2.24. The Morgan fingerprint density at radius 3 is 2.62 bits per heavy atom. The van der Waals surface area contributed by atoms with E-state index in [4.69, 9.17) is 9.47 Å². The van der Waals surface area contributed by atoms with Crippen molar-refractivity contribution in [3.63, 3.8) is 0 Å². The third kappa shape index (κ3) is 5.32. The summed E-state index contributed by atoms with van der Waals surface area (Å²) in [6.07, 6.45) is 4.56. The van der Waals surface area contributed by atoms with E-state index in [2.05, 4.69) is 10.2 Å². The number of nitrogens with one attached hydrogen (secondary N) is 1. The second kappa shape index (κ2) is 9.96. The summed E-state index contributed by atoms with van der Waals surface area (Å²) in [5, 5.41) is 14.1. The second-order valence-corrected chi connectivity index (χ2v) is 6.22. The molecule has 0 atom stereocenters. The van der Waals surface area contributed by atoms with E-state index < -0.39 is 10.8 Å². The van der Waals surface area contributed by atoms with Crippen molar-refractivity contribution in [3.8, 4) is 11.5 Å². The molecule has 1 saturated heterocycles. The molecule has 1 aliphatic heterocycles. The first kappa shape index (κ1) is 20.0. The molecule has 8 heteroatoms. The molecule has 144 valence electrons. The van der Waals surface area contributed by atoms with Crippen LogP contribution in [0.25, 0.3) is 0 Å². The van der Waals surface area contributed by atoms with Gasteiger partial charge in [-0.05, 0) is 45.8 Å². The summed E-state index contributed by atoms with van der Waals surface area (Å²) in [7, 11) is 1.40. The van der Waals surface area contributed by atoms with Gasteiger partial charge in [0.2, 0.25) is 0 Å². The fourth-order valence-corrected chi connectivity index (χ4v) is 3.09. The summed E-state index contributed by atoms with van der Waals surface area (Å²) in [5.74, 6) is 0.0817. The zero-order valence-electron chi connectivity index (χ0n) is 15.5. The van der Waals surface area contributed by atoms with Gasteiger partial charge >= 0.3 is 0 Å². The number of carbonyl (C=O) groups is 1. The van der Waals surface area contributed by atoms with Crippen LogP contribution in [0.15, 0.2) is 12.1 Å². The van der Waals surface area contributed by atoms with Gasteiger partial charge in [-0.25, -0.2) is 0 Å². The number of nitro benzene ring substituents is 1. The summed E-state index contributed by atoms with van der Waals surface area (Å²) in [4.78, 5) is 25.6. The van der Waals surface area contributed by atoms with Crippen LogP contribution in [0.1, 0.15) is 43.0 Å². The van der Waals surface area contributed by atoms with E-state index in [9.17, 15) is 14.9 Å². The van der Waals surface area contributed by atoms with E-state index in [0.717, 1.165) is 26.1 Å². The molecule has 1 aromatic carbocycles. The van der Waals surface area contributed by atoms with Gasteiger partial charge in [0, 0.05) is 12.6 Å². The maximum absolute atomic E-state index is 12.5. The van der Waals surface area contributed by atoms with Gasteiger partial charge in [0.25, 0.3) is 11.6 Å². The van der Waals surface area contributed by atoms with Crippen molar-refractivity contribution >= 4 is 11.6 Å². The Hall–Kier alpha value is -2.35. The maximum Gasteiger partial charge on any atom is 0.286 e. The molecule has 0 aromatic heterocycles. The minimum Gasteiger partial charge on any atom is -0.493 e. The number of nitrogens with zero attached hydrogens (tertiary/aromatic N) is 2. The first-order valence-electron chi connectivity index (χ1n) is 9.06. The molecule has 0 unspecified atom stereocenters. The van der Waals surface area contributed by atoms with Crippen LogP contribution in [-0.4, -0.2) is 55.6 Å². The van der Waals surface area contributed by atoms with Crippen molar-refractivity contribution in [1.82, 2.24) is 10.2 Å². The topological polar surface area (TPSA) is 93.9 Å². The molecule has 0 saturated carbocycles. The van der Waals surface area contributed by atoms with Gasteiger partial charge in [0.05, 0.1) is 24.7 Å². The summed E-state index contributed by atoms with van der Waals surface area (Å²) >= 11 is 0. The Morgan fingerprint density at radius 1 is 1.27 bits per heavy atom. The number of hydrogen-bond donors (Lipinski definition) is 1. The van der Waals surface area contributed by atoms with Gasteiger partial charge < -0.3 is 19.7 Å². The molecule has 1 aromatic rings. The van der Waals surface area contributed by atoms with Crippen LogP contribution in [0.4, 0.5) is 5.69 Å². The number of methoxy groups -OCH3 is 1. The van der Waals surface area contributed by atoms with E-state index in [0.29, 0.717) is 18.9 Å². The summed E-state index contributed by atoms with van der Waals surface area (Å²) in [6, 6.07) is 2.61. The number of hydrogen-bond acceptors (Lipinski definition) is 6. The molecular weight excluding hydrogens is 338 g/mol. The molecule has 1 fully saturated rings. The molecule has 1 amide bonds. The van der Waals surface area contributed by atoms with Crippen molar-refractivity contribution in [2.24, 2.45) is 0 Å². The highest BCUT2D eigenvalue weighted by molar-refractivity contribution is 5.99. The van der Waals surface area contributed by atoms with Crippen LogP contribution < -0.4 is 14.8 Å². The third-order valence-electron chi connectivity index (χ3n) is 4.41. The Kier molecular flexibility index (Phi) is 7.65. The van der Waals surface area contributed by atoms with Crippen LogP contribution in [0.5, 0.6) is 11.5 Å².